The van der Waals surface area contributed by atoms with Crippen molar-refractivity contribution >= 4 is 33.4 Å². The number of hydrogen-bond acceptors (Lipinski definition) is 3. The number of fused-ring (bicyclic) bond motifs is 5. The van der Waals surface area contributed by atoms with Crippen LogP contribution in [-0.2, 0) is 4.79 Å². The van der Waals surface area contributed by atoms with E-state index in [0.29, 0.717) is 34.0 Å². The van der Waals surface area contributed by atoms with Crippen LogP contribution in [0.1, 0.15) is 29.8 Å². The highest BCUT2D eigenvalue weighted by Crippen LogP contribution is 2.62. The molecule has 1 unspecified atom stereocenters. The van der Waals surface area contributed by atoms with Gasteiger partial charge in [-0.3, -0.25) is 4.79 Å². The van der Waals surface area contributed by atoms with Crippen molar-refractivity contribution in [1.82, 2.24) is 9.55 Å². The Morgan fingerprint density at radius 1 is 1.33 bits per heavy atom. The lowest BCUT2D eigenvalue weighted by atomic mass is 10.0. The molecule has 0 radical (unpaired) electrons. The molecule has 1 saturated carbocycles. The number of nitrogens with zero attached hydrogens (tertiary/aromatic N) is 2. The quantitative estimate of drug-likeness (QED) is 0.634. The number of para-hydroxylation sites is 1. The number of aromatic nitrogens is 2. The zero-order chi connectivity index (χ0) is 16.4. The van der Waals surface area contributed by atoms with Crippen LogP contribution in [0.4, 0.5) is 4.39 Å². The molecule has 0 spiro atoms. The van der Waals surface area contributed by atoms with Crippen molar-refractivity contribution < 1.29 is 13.9 Å². The van der Waals surface area contributed by atoms with E-state index in [1.807, 2.05) is 18.2 Å². The van der Waals surface area contributed by atoms with Gasteiger partial charge in [-0.05, 0) is 40.4 Å². The third kappa shape index (κ3) is 1.83. The number of imidazole rings is 1. The van der Waals surface area contributed by atoms with E-state index in [9.17, 15) is 9.18 Å². The van der Waals surface area contributed by atoms with Gasteiger partial charge >= 0.3 is 0 Å². The smallest absolute Gasteiger partial charge is 0.298 e. The molecule has 0 N–H and O–H groups in total. The summed E-state index contributed by atoms with van der Waals surface area (Å²) >= 11 is 3.26. The van der Waals surface area contributed by atoms with Gasteiger partial charge in [-0.1, -0.05) is 18.2 Å². The highest BCUT2D eigenvalue weighted by atomic mass is 79.9. The average Bonchev–Trinajstić information content (AvgIpc) is 3.18. The van der Waals surface area contributed by atoms with Gasteiger partial charge in [-0.15, -0.1) is 0 Å². The van der Waals surface area contributed by atoms with E-state index in [-0.39, 0.29) is 11.9 Å². The molecule has 0 saturated heterocycles. The lowest BCUT2D eigenvalue weighted by Crippen LogP contribution is -2.12. The molecule has 3 aromatic rings. The van der Waals surface area contributed by atoms with Gasteiger partial charge in [0.25, 0.3) is 6.47 Å². The SMILES string of the molecule is O=COc1ccccc1C1[C@@H]2C[C@@H]2c2nc3cc(F)c(Br)cc3n21. The first-order chi connectivity index (χ1) is 11.7. The largest absolute Gasteiger partial charge is 0.428 e. The molecule has 2 aliphatic rings. The Morgan fingerprint density at radius 3 is 3.00 bits per heavy atom. The summed E-state index contributed by atoms with van der Waals surface area (Å²) in [4.78, 5) is 15.5. The maximum Gasteiger partial charge on any atom is 0.298 e. The highest BCUT2D eigenvalue weighted by Gasteiger charge is 2.55. The van der Waals surface area contributed by atoms with Crippen LogP contribution in [0, 0.1) is 11.7 Å². The molecule has 1 fully saturated rings. The topological polar surface area (TPSA) is 44.1 Å². The summed E-state index contributed by atoms with van der Waals surface area (Å²) in [6.07, 6.45) is 1.06. The van der Waals surface area contributed by atoms with Crippen molar-refractivity contribution in [2.24, 2.45) is 5.92 Å². The van der Waals surface area contributed by atoms with Crippen molar-refractivity contribution in [2.45, 2.75) is 18.4 Å². The van der Waals surface area contributed by atoms with Crippen LogP contribution in [0.3, 0.4) is 0 Å². The number of carbonyl (C=O) groups excluding carboxylic acids is 1. The van der Waals surface area contributed by atoms with Crippen molar-refractivity contribution in [3.8, 4) is 5.75 Å². The minimum Gasteiger partial charge on any atom is -0.428 e. The molecule has 0 bridgehead atoms. The number of ether oxygens (including phenoxy) is 1. The van der Waals surface area contributed by atoms with Crippen LogP contribution in [0.5, 0.6) is 5.75 Å². The molecule has 120 valence electrons. The fourth-order valence-corrected chi connectivity index (χ4v) is 4.30. The summed E-state index contributed by atoms with van der Waals surface area (Å²) in [6.45, 7) is 0.455. The van der Waals surface area contributed by atoms with Gasteiger partial charge in [0.05, 0.1) is 21.5 Å². The van der Waals surface area contributed by atoms with E-state index in [1.165, 1.54) is 6.07 Å². The van der Waals surface area contributed by atoms with Gasteiger partial charge in [0.15, 0.2) is 0 Å². The summed E-state index contributed by atoms with van der Waals surface area (Å²) in [6, 6.07) is 10.9. The molecule has 3 atom stereocenters. The standard InChI is InChI=1S/C18H12BrFN2O2/c19-12-6-15-14(7-13(12)20)21-18-11-5-10(11)17(22(15)18)9-3-1-2-4-16(9)24-8-23/h1-4,6-8,10-11,17H,5H2/t10-,11+,17?/m1/s1. The van der Waals surface area contributed by atoms with Crippen molar-refractivity contribution in [1.29, 1.82) is 0 Å². The number of hydrogen-bond donors (Lipinski definition) is 0. The summed E-state index contributed by atoms with van der Waals surface area (Å²) < 4.78 is 21.6. The molecule has 6 heteroatoms. The molecule has 1 aliphatic carbocycles. The van der Waals surface area contributed by atoms with E-state index in [2.05, 4.69) is 25.5 Å². The Labute approximate surface area is 145 Å². The summed E-state index contributed by atoms with van der Waals surface area (Å²) in [5.41, 5.74) is 2.53. The molecule has 5 rings (SSSR count). The predicted octanol–water partition coefficient (Wildman–Crippen LogP) is 4.18. The number of rotatable bonds is 3. The van der Waals surface area contributed by atoms with Gasteiger partial charge < -0.3 is 9.30 Å². The fourth-order valence-electron chi connectivity index (χ4n) is 3.97. The minimum absolute atomic E-state index is 0.0588. The number of halogens is 2. The summed E-state index contributed by atoms with van der Waals surface area (Å²) in [5.74, 6) is 2.11. The van der Waals surface area contributed by atoms with E-state index in [4.69, 9.17) is 4.74 Å². The molecular formula is C18H12BrFN2O2. The van der Waals surface area contributed by atoms with E-state index in [0.717, 1.165) is 23.3 Å². The Bertz CT molecular complexity index is 1000. The maximum atomic E-state index is 13.8. The first-order valence-corrected chi connectivity index (χ1v) is 8.54. The van der Waals surface area contributed by atoms with E-state index in [1.54, 1.807) is 12.1 Å². The zero-order valence-electron chi connectivity index (χ0n) is 12.4. The molecule has 24 heavy (non-hydrogen) atoms. The second-order valence-electron chi connectivity index (χ2n) is 6.30. The van der Waals surface area contributed by atoms with Crippen molar-refractivity contribution in [3.05, 3.63) is 58.1 Å². The van der Waals surface area contributed by atoms with Gasteiger partial charge in [0, 0.05) is 17.5 Å². The van der Waals surface area contributed by atoms with Gasteiger partial charge in [0.1, 0.15) is 17.4 Å². The lowest BCUT2D eigenvalue weighted by molar-refractivity contribution is -0.120. The monoisotopic (exact) mass is 386 g/mol. The van der Waals surface area contributed by atoms with Gasteiger partial charge in [0.2, 0.25) is 0 Å². The number of carbonyl (C=O) groups is 1. The highest BCUT2D eigenvalue weighted by molar-refractivity contribution is 9.10. The summed E-state index contributed by atoms with van der Waals surface area (Å²) in [5, 5.41) is 0. The van der Waals surface area contributed by atoms with Crippen molar-refractivity contribution in [3.63, 3.8) is 0 Å². The Morgan fingerprint density at radius 2 is 2.17 bits per heavy atom. The molecule has 2 aromatic carbocycles. The second-order valence-corrected chi connectivity index (χ2v) is 7.15. The Hall–Kier alpha value is -2.21. The first kappa shape index (κ1) is 14.2. The van der Waals surface area contributed by atoms with E-state index >= 15 is 0 Å². The van der Waals surface area contributed by atoms with Crippen LogP contribution < -0.4 is 4.74 Å². The second kappa shape index (κ2) is 4.89. The normalized spacial score (nSPS) is 23.8. The minimum atomic E-state index is -0.312. The van der Waals surface area contributed by atoms with Gasteiger partial charge in [-0.25, -0.2) is 9.37 Å². The maximum absolute atomic E-state index is 13.8. The summed E-state index contributed by atoms with van der Waals surface area (Å²) in [7, 11) is 0. The molecular weight excluding hydrogens is 375 g/mol. The van der Waals surface area contributed by atoms with Crippen LogP contribution in [0.15, 0.2) is 40.9 Å². The van der Waals surface area contributed by atoms with Crippen LogP contribution in [-0.4, -0.2) is 16.0 Å². The predicted molar refractivity (Wildman–Crippen MR) is 89.5 cm³/mol. The fraction of sp³-hybridized carbons (Fsp3) is 0.222. The molecule has 1 aromatic heterocycles. The van der Waals surface area contributed by atoms with E-state index < -0.39 is 0 Å². The Balaban J connectivity index is 1.75. The third-order valence-electron chi connectivity index (χ3n) is 5.03. The lowest BCUT2D eigenvalue weighted by Gasteiger charge is -2.20. The van der Waals surface area contributed by atoms with Crippen LogP contribution in [0.2, 0.25) is 0 Å². The molecule has 0 amide bonds. The van der Waals surface area contributed by atoms with Crippen LogP contribution >= 0.6 is 15.9 Å². The van der Waals surface area contributed by atoms with Crippen molar-refractivity contribution in [2.75, 3.05) is 0 Å². The average molecular weight is 387 g/mol. The molecule has 4 nitrogen and oxygen atoms in total. The van der Waals surface area contributed by atoms with Crippen LogP contribution in [0.25, 0.3) is 11.0 Å². The Kier molecular flexibility index (Phi) is 2.89. The first-order valence-electron chi connectivity index (χ1n) is 7.75. The zero-order valence-corrected chi connectivity index (χ0v) is 14.0. The number of benzene rings is 2. The van der Waals surface area contributed by atoms with Gasteiger partial charge in [-0.2, -0.15) is 0 Å². The third-order valence-corrected chi connectivity index (χ3v) is 5.63. The molecule has 2 heterocycles. The molecule has 1 aliphatic heterocycles.